The summed E-state index contributed by atoms with van der Waals surface area (Å²) in [5.74, 6) is -0.897. The smallest absolute Gasteiger partial charge is 0.410 e. The Balaban J connectivity index is 1.56. The zero-order chi connectivity index (χ0) is 22.8. The molecule has 2 fully saturated rings. The number of nitrogens with two attached hydrogens (primary N) is 1. The third-order valence-electron chi connectivity index (χ3n) is 6.11. The third-order valence-corrected chi connectivity index (χ3v) is 6.11. The number of anilines is 1. The number of hydrogen-bond donors (Lipinski definition) is 1. The average Bonchev–Trinajstić information content (AvgIpc) is 2.69. The van der Waals surface area contributed by atoms with E-state index in [4.69, 9.17) is 15.2 Å². The van der Waals surface area contributed by atoms with Crippen LogP contribution in [0, 0.1) is 11.3 Å². The predicted molar refractivity (Wildman–Crippen MR) is 117 cm³/mol. The quantitative estimate of drug-likeness (QED) is 0.718. The first-order valence-corrected chi connectivity index (χ1v) is 10.7. The molecule has 3 rings (SSSR count). The molecule has 1 aromatic rings. The largest absolute Gasteiger partial charge is 0.469 e. The number of benzene rings is 1. The fourth-order valence-electron chi connectivity index (χ4n) is 4.34. The van der Waals surface area contributed by atoms with Crippen molar-refractivity contribution in [1.29, 1.82) is 0 Å². The standard InChI is InChI=1S/C23H33N3O5/c1-22(2,3)31-21(29)26-11-9-25(10-12-26)18-7-5-16(6-8-18)13-23(20(24)28)14-17(15-23)19(27)30-4/h5-8,17H,9-15H2,1-4H3,(H2,24,28). The average molecular weight is 432 g/mol. The molecule has 2 aliphatic rings. The van der Waals surface area contributed by atoms with Gasteiger partial charge >= 0.3 is 12.1 Å². The van der Waals surface area contributed by atoms with Crippen LogP contribution in [0.2, 0.25) is 0 Å². The molecule has 0 aromatic heterocycles. The van der Waals surface area contributed by atoms with Crippen LogP contribution in [0.1, 0.15) is 39.2 Å². The van der Waals surface area contributed by atoms with Crippen molar-refractivity contribution in [3.05, 3.63) is 29.8 Å². The number of rotatable bonds is 5. The predicted octanol–water partition coefficient (Wildman–Crippen LogP) is 2.34. The van der Waals surface area contributed by atoms with Gasteiger partial charge in [-0.1, -0.05) is 12.1 Å². The zero-order valence-electron chi connectivity index (χ0n) is 18.8. The first kappa shape index (κ1) is 22.9. The Kier molecular flexibility index (Phi) is 6.48. The third kappa shape index (κ3) is 5.29. The molecule has 0 unspecified atom stereocenters. The molecule has 1 aromatic carbocycles. The molecule has 0 spiro atoms. The van der Waals surface area contributed by atoms with Crippen LogP contribution in [0.3, 0.4) is 0 Å². The summed E-state index contributed by atoms with van der Waals surface area (Å²) in [5.41, 5.74) is 6.57. The van der Waals surface area contributed by atoms with Gasteiger partial charge in [-0.15, -0.1) is 0 Å². The van der Waals surface area contributed by atoms with E-state index in [1.165, 1.54) is 7.11 Å². The number of primary amides is 1. The van der Waals surface area contributed by atoms with Gasteiger partial charge in [-0.25, -0.2) is 4.79 Å². The van der Waals surface area contributed by atoms with E-state index in [1.54, 1.807) is 4.90 Å². The second-order valence-corrected chi connectivity index (χ2v) is 9.57. The minimum absolute atomic E-state index is 0.252. The molecule has 0 radical (unpaired) electrons. The van der Waals surface area contributed by atoms with Crippen LogP contribution >= 0.6 is 0 Å². The molecule has 0 atom stereocenters. The molecule has 1 heterocycles. The Bertz CT molecular complexity index is 817. The number of piperazine rings is 1. The number of methoxy groups -OCH3 is 1. The minimum atomic E-state index is -0.681. The lowest BCUT2D eigenvalue weighted by molar-refractivity contribution is -0.157. The van der Waals surface area contributed by atoms with Crippen molar-refractivity contribution in [1.82, 2.24) is 4.90 Å². The van der Waals surface area contributed by atoms with Crippen LogP contribution in [0.5, 0.6) is 0 Å². The molecule has 31 heavy (non-hydrogen) atoms. The van der Waals surface area contributed by atoms with Crippen molar-refractivity contribution in [3.63, 3.8) is 0 Å². The maximum absolute atomic E-state index is 12.2. The second-order valence-electron chi connectivity index (χ2n) is 9.57. The van der Waals surface area contributed by atoms with Crippen LogP contribution < -0.4 is 10.6 Å². The molecular formula is C23H33N3O5. The Labute approximate surface area is 183 Å². The summed E-state index contributed by atoms with van der Waals surface area (Å²) >= 11 is 0. The number of carbonyl (C=O) groups is 3. The van der Waals surface area contributed by atoms with E-state index in [0.29, 0.717) is 32.4 Å². The summed E-state index contributed by atoms with van der Waals surface area (Å²) < 4.78 is 10.2. The summed E-state index contributed by atoms with van der Waals surface area (Å²) in [7, 11) is 1.36. The molecule has 0 bridgehead atoms. The molecule has 8 heteroatoms. The first-order valence-electron chi connectivity index (χ1n) is 10.7. The number of hydrogen-bond acceptors (Lipinski definition) is 6. The molecular weight excluding hydrogens is 398 g/mol. The van der Waals surface area contributed by atoms with Crippen LogP contribution in [0.15, 0.2) is 24.3 Å². The Morgan fingerprint density at radius 3 is 2.13 bits per heavy atom. The Morgan fingerprint density at radius 1 is 1.06 bits per heavy atom. The topological polar surface area (TPSA) is 102 Å². The molecule has 1 aliphatic heterocycles. The normalized spacial score (nSPS) is 23.7. The highest BCUT2D eigenvalue weighted by molar-refractivity contribution is 5.86. The monoisotopic (exact) mass is 431 g/mol. The van der Waals surface area contributed by atoms with Crippen molar-refractivity contribution in [2.75, 3.05) is 38.2 Å². The van der Waals surface area contributed by atoms with E-state index >= 15 is 0 Å². The van der Waals surface area contributed by atoms with Crippen molar-refractivity contribution >= 4 is 23.7 Å². The lowest BCUT2D eigenvalue weighted by Gasteiger charge is -2.44. The molecule has 1 saturated carbocycles. The van der Waals surface area contributed by atoms with Gasteiger partial charge < -0.3 is 25.0 Å². The van der Waals surface area contributed by atoms with Gasteiger partial charge in [0, 0.05) is 31.9 Å². The lowest BCUT2D eigenvalue weighted by atomic mass is 9.59. The SMILES string of the molecule is COC(=O)C1CC(Cc2ccc(N3CCN(C(=O)OC(C)(C)C)CC3)cc2)(C(N)=O)C1. The number of ether oxygens (including phenoxy) is 2. The summed E-state index contributed by atoms with van der Waals surface area (Å²) in [5, 5.41) is 0. The molecule has 170 valence electrons. The molecule has 2 amide bonds. The Hall–Kier alpha value is -2.77. The van der Waals surface area contributed by atoms with Crippen molar-refractivity contribution < 1.29 is 23.9 Å². The maximum atomic E-state index is 12.2. The fraction of sp³-hybridized carbons (Fsp3) is 0.609. The number of nitrogens with zero attached hydrogens (tertiary/aromatic N) is 2. The molecule has 2 N–H and O–H groups in total. The highest BCUT2D eigenvalue weighted by Crippen LogP contribution is 2.48. The van der Waals surface area contributed by atoms with E-state index in [9.17, 15) is 14.4 Å². The highest BCUT2D eigenvalue weighted by atomic mass is 16.6. The first-order chi connectivity index (χ1) is 14.5. The van der Waals surface area contributed by atoms with Crippen LogP contribution in [-0.4, -0.2) is 61.8 Å². The van der Waals surface area contributed by atoms with Gasteiger partial charge in [-0.2, -0.15) is 0 Å². The van der Waals surface area contributed by atoms with Gasteiger partial charge in [0.1, 0.15) is 5.60 Å². The summed E-state index contributed by atoms with van der Waals surface area (Å²) in [6, 6.07) is 8.07. The summed E-state index contributed by atoms with van der Waals surface area (Å²) in [6.45, 7) is 8.26. The number of carbonyl (C=O) groups excluding carboxylic acids is 3. The minimum Gasteiger partial charge on any atom is -0.469 e. The van der Waals surface area contributed by atoms with Gasteiger partial charge in [0.25, 0.3) is 0 Å². The van der Waals surface area contributed by atoms with Crippen molar-refractivity contribution in [2.45, 2.75) is 45.6 Å². The lowest BCUT2D eigenvalue weighted by Crippen LogP contribution is -2.51. The number of amides is 2. The summed E-state index contributed by atoms with van der Waals surface area (Å²) in [4.78, 5) is 40.0. The molecule has 8 nitrogen and oxygen atoms in total. The second kappa shape index (κ2) is 8.77. The van der Waals surface area contributed by atoms with E-state index in [2.05, 4.69) is 4.90 Å². The number of esters is 1. The fourth-order valence-corrected chi connectivity index (χ4v) is 4.34. The molecule has 1 saturated heterocycles. The van der Waals surface area contributed by atoms with Crippen molar-refractivity contribution in [2.24, 2.45) is 17.1 Å². The van der Waals surface area contributed by atoms with Crippen LogP contribution in [0.25, 0.3) is 0 Å². The maximum Gasteiger partial charge on any atom is 0.410 e. The van der Waals surface area contributed by atoms with Gasteiger partial charge in [0.05, 0.1) is 18.4 Å². The molecule has 1 aliphatic carbocycles. The zero-order valence-corrected chi connectivity index (χ0v) is 18.8. The summed E-state index contributed by atoms with van der Waals surface area (Å²) in [6.07, 6.45) is 1.11. The van der Waals surface area contributed by atoms with Gasteiger partial charge in [-0.05, 0) is 57.7 Å². The van der Waals surface area contributed by atoms with Gasteiger partial charge in [0.2, 0.25) is 5.91 Å². The van der Waals surface area contributed by atoms with E-state index < -0.39 is 11.0 Å². The van der Waals surface area contributed by atoms with Crippen LogP contribution in [0.4, 0.5) is 10.5 Å². The van der Waals surface area contributed by atoms with Crippen LogP contribution in [-0.2, 0) is 25.5 Å². The van der Waals surface area contributed by atoms with E-state index in [1.807, 2.05) is 45.0 Å². The van der Waals surface area contributed by atoms with E-state index in [-0.39, 0.29) is 23.9 Å². The van der Waals surface area contributed by atoms with E-state index in [0.717, 1.165) is 24.3 Å². The highest BCUT2D eigenvalue weighted by Gasteiger charge is 2.52. The Morgan fingerprint density at radius 2 is 1.65 bits per heavy atom. The van der Waals surface area contributed by atoms with Crippen molar-refractivity contribution in [3.8, 4) is 0 Å². The van der Waals surface area contributed by atoms with Gasteiger partial charge in [0.15, 0.2) is 0 Å². The van der Waals surface area contributed by atoms with Gasteiger partial charge in [-0.3, -0.25) is 9.59 Å².